The van der Waals surface area contributed by atoms with Gasteiger partial charge in [-0.15, -0.1) is 0 Å². The number of rotatable bonds is 6. The molecule has 0 aromatic heterocycles. The first kappa shape index (κ1) is 14.5. The van der Waals surface area contributed by atoms with Gasteiger partial charge in [0.1, 0.15) is 0 Å². The molecule has 0 unspecified atom stereocenters. The van der Waals surface area contributed by atoms with E-state index in [1.165, 1.54) is 25.2 Å². The van der Waals surface area contributed by atoms with Gasteiger partial charge >= 0.3 is 0 Å². The molecule has 0 atom stereocenters. The monoisotopic (exact) mass is 261 g/mol. The van der Waals surface area contributed by atoms with Crippen LogP contribution in [0.15, 0.2) is 30.3 Å². The summed E-state index contributed by atoms with van der Waals surface area (Å²) >= 11 is 0. The molecule has 19 heavy (non-hydrogen) atoms. The molecule has 1 aromatic rings. The number of likely N-dealkylation sites (N-methyl/N-ethyl adjacent to an activating group) is 1. The first-order valence-corrected chi connectivity index (χ1v) is 7.44. The number of benzene rings is 1. The number of piperidine rings is 1. The van der Waals surface area contributed by atoms with Crippen LogP contribution >= 0.6 is 0 Å². The van der Waals surface area contributed by atoms with E-state index in [4.69, 9.17) is 5.73 Å². The van der Waals surface area contributed by atoms with Crippen LogP contribution in [0.3, 0.4) is 0 Å². The molecule has 0 radical (unpaired) electrons. The lowest BCUT2D eigenvalue weighted by Crippen LogP contribution is -2.42. The highest BCUT2D eigenvalue weighted by molar-refractivity contribution is 5.14. The minimum absolute atomic E-state index is 0.437. The quantitative estimate of drug-likeness (QED) is 0.844. The molecule has 0 aliphatic carbocycles. The van der Waals surface area contributed by atoms with Crippen LogP contribution < -0.4 is 5.73 Å². The molecule has 106 valence electrons. The Morgan fingerprint density at radius 2 is 1.84 bits per heavy atom. The summed E-state index contributed by atoms with van der Waals surface area (Å²) in [4.78, 5) is 4.98. The van der Waals surface area contributed by atoms with Gasteiger partial charge in [-0.2, -0.15) is 0 Å². The molecule has 1 saturated heterocycles. The van der Waals surface area contributed by atoms with Gasteiger partial charge in [0, 0.05) is 25.7 Å². The van der Waals surface area contributed by atoms with E-state index in [2.05, 4.69) is 47.2 Å². The highest BCUT2D eigenvalue weighted by Gasteiger charge is 2.15. The second-order valence-corrected chi connectivity index (χ2v) is 5.72. The average Bonchev–Trinajstić information content (AvgIpc) is 2.45. The van der Waals surface area contributed by atoms with E-state index >= 15 is 0 Å². The Morgan fingerprint density at radius 1 is 1.16 bits per heavy atom. The van der Waals surface area contributed by atoms with Gasteiger partial charge in [-0.1, -0.05) is 30.3 Å². The van der Waals surface area contributed by atoms with Crippen molar-refractivity contribution in [2.24, 2.45) is 5.73 Å². The van der Waals surface area contributed by atoms with E-state index in [9.17, 15) is 0 Å². The molecule has 0 amide bonds. The topological polar surface area (TPSA) is 32.5 Å². The third-order valence-corrected chi connectivity index (χ3v) is 4.06. The summed E-state index contributed by atoms with van der Waals surface area (Å²) in [5, 5.41) is 0. The van der Waals surface area contributed by atoms with E-state index < -0.39 is 0 Å². The first-order valence-electron chi connectivity index (χ1n) is 7.44. The van der Waals surface area contributed by atoms with E-state index in [1.807, 2.05) is 0 Å². The van der Waals surface area contributed by atoms with Crippen LogP contribution in [0, 0.1) is 0 Å². The molecule has 2 rings (SSSR count). The molecular formula is C16H27N3. The van der Waals surface area contributed by atoms with Gasteiger partial charge < -0.3 is 15.5 Å². The number of nitrogens with zero attached hydrogens (tertiary/aromatic N) is 2. The van der Waals surface area contributed by atoms with Crippen molar-refractivity contribution >= 4 is 0 Å². The van der Waals surface area contributed by atoms with Crippen molar-refractivity contribution in [1.29, 1.82) is 0 Å². The van der Waals surface area contributed by atoms with Gasteiger partial charge in [0.05, 0.1) is 0 Å². The number of hydrogen-bond acceptors (Lipinski definition) is 3. The SMILES string of the molecule is CN(CCc1ccccc1)CCN1CCC(N)CC1. The van der Waals surface area contributed by atoms with Crippen molar-refractivity contribution in [3.8, 4) is 0 Å². The lowest BCUT2D eigenvalue weighted by molar-refractivity contribution is 0.186. The van der Waals surface area contributed by atoms with Crippen LogP contribution in [0.4, 0.5) is 0 Å². The number of hydrogen-bond donors (Lipinski definition) is 1. The first-order chi connectivity index (χ1) is 9.24. The van der Waals surface area contributed by atoms with Crippen molar-refractivity contribution in [2.75, 3.05) is 39.8 Å². The standard InChI is InChI=1S/C16H27N3/c1-18(10-7-15-5-3-2-4-6-15)13-14-19-11-8-16(17)9-12-19/h2-6,16H,7-14,17H2,1H3. The van der Waals surface area contributed by atoms with Crippen LogP contribution in [0.1, 0.15) is 18.4 Å². The summed E-state index contributed by atoms with van der Waals surface area (Å²) in [5.74, 6) is 0. The number of nitrogens with two attached hydrogens (primary N) is 1. The minimum atomic E-state index is 0.437. The van der Waals surface area contributed by atoms with Crippen molar-refractivity contribution in [3.63, 3.8) is 0 Å². The fourth-order valence-electron chi connectivity index (χ4n) is 2.57. The number of likely N-dealkylation sites (tertiary alicyclic amines) is 1. The average molecular weight is 261 g/mol. The normalized spacial score (nSPS) is 18.1. The van der Waals surface area contributed by atoms with Crippen molar-refractivity contribution < 1.29 is 0 Å². The molecule has 0 spiro atoms. The van der Waals surface area contributed by atoms with Crippen LogP contribution in [-0.2, 0) is 6.42 Å². The Bertz CT molecular complexity index is 344. The van der Waals surface area contributed by atoms with E-state index in [-0.39, 0.29) is 0 Å². The smallest absolute Gasteiger partial charge is 0.0109 e. The Labute approximate surface area is 117 Å². The zero-order valence-electron chi connectivity index (χ0n) is 12.1. The molecule has 3 nitrogen and oxygen atoms in total. The Morgan fingerprint density at radius 3 is 2.53 bits per heavy atom. The Balaban J connectivity index is 1.61. The summed E-state index contributed by atoms with van der Waals surface area (Å²) < 4.78 is 0. The maximum absolute atomic E-state index is 5.93. The zero-order chi connectivity index (χ0) is 13.5. The lowest BCUT2D eigenvalue weighted by Gasteiger charge is -2.31. The molecular weight excluding hydrogens is 234 g/mol. The summed E-state index contributed by atoms with van der Waals surface area (Å²) in [6, 6.07) is 11.2. The van der Waals surface area contributed by atoms with E-state index in [0.29, 0.717) is 6.04 Å². The predicted molar refractivity (Wildman–Crippen MR) is 81.3 cm³/mol. The van der Waals surface area contributed by atoms with Gasteiger partial charge in [-0.05, 0) is 45.0 Å². The molecule has 1 aromatic carbocycles. The summed E-state index contributed by atoms with van der Waals surface area (Å²) in [7, 11) is 2.22. The summed E-state index contributed by atoms with van der Waals surface area (Å²) in [6.45, 7) is 5.82. The molecule has 3 heteroatoms. The predicted octanol–water partition coefficient (Wildman–Crippen LogP) is 1.58. The summed E-state index contributed by atoms with van der Waals surface area (Å²) in [5.41, 5.74) is 7.36. The Kier molecular flexibility index (Phi) is 5.83. The minimum Gasteiger partial charge on any atom is -0.328 e. The highest BCUT2D eigenvalue weighted by Crippen LogP contribution is 2.07. The summed E-state index contributed by atoms with van der Waals surface area (Å²) in [6.07, 6.45) is 3.46. The zero-order valence-corrected chi connectivity index (χ0v) is 12.1. The van der Waals surface area contributed by atoms with Crippen molar-refractivity contribution in [3.05, 3.63) is 35.9 Å². The largest absolute Gasteiger partial charge is 0.328 e. The fourth-order valence-corrected chi connectivity index (χ4v) is 2.57. The van der Waals surface area contributed by atoms with E-state index in [0.717, 1.165) is 32.4 Å². The highest BCUT2D eigenvalue weighted by atomic mass is 15.2. The Hall–Kier alpha value is -0.900. The van der Waals surface area contributed by atoms with Crippen LogP contribution in [0.2, 0.25) is 0 Å². The van der Waals surface area contributed by atoms with Gasteiger partial charge in [-0.25, -0.2) is 0 Å². The van der Waals surface area contributed by atoms with Gasteiger partial charge in [0.2, 0.25) is 0 Å². The molecule has 1 aliphatic heterocycles. The van der Waals surface area contributed by atoms with Crippen LogP contribution in [0.5, 0.6) is 0 Å². The lowest BCUT2D eigenvalue weighted by atomic mass is 10.1. The maximum atomic E-state index is 5.93. The van der Waals surface area contributed by atoms with Gasteiger partial charge in [0.25, 0.3) is 0 Å². The third kappa shape index (κ3) is 5.31. The van der Waals surface area contributed by atoms with Gasteiger partial charge in [0.15, 0.2) is 0 Å². The molecule has 1 fully saturated rings. The van der Waals surface area contributed by atoms with E-state index in [1.54, 1.807) is 0 Å². The molecule has 0 bridgehead atoms. The fraction of sp³-hybridized carbons (Fsp3) is 0.625. The maximum Gasteiger partial charge on any atom is 0.0109 e. The van der Waals surface area contributed by atoms with Crippen LogP contribution in [-0.4, -0.2) is 55.6 Å². The molecule has 2 N–H and O–H groups in total. The molecule has 1 aliphatic rings. The second kappa shape index (κ2) is 7.63. The van der Waals surface area contributed by atoms with Crippen molar-refractivity contribution in [2.45, 2.75) is 25.3 Å². The van der Waals surface area contributed by atoms with Gasteiger partial charge in [-0.3, -0.25) is 0 Å². The second-order valence-electron chi connectivity index (χ2n) is 5.72. The van der Waals surface area contributed by atoms with Crippen molar-refractivity contribution in [1.82, 2.24) is 9.80 Å². The molecule has 0 saturated carbocycles. The van der Waals surface area contributed by atoms with Crippen LogP contribution in [0.25, 0.3) is 0 Å². The third-order valence-electron chi connectivity index (χ3n) is 4.06. The molecule has 1 heterocycles.